The first-order chi connectivity index (χ1) is 9.79. The van der Waals surface area contributed by atoms with Gasteiger partial charge in [0.2, 0.25) is 0 Å². The van der Waals surface area contributed by atoms with E-state index in [2.05, 4.69) is 15.9 Å². The molecule has 2 rings (SSSR count). The summed E-state index contributed by atoms with van der Waals surface area (Å²) in [6.07, 6.45) is -3.83. The van der Waals surface area contributed by atoms with Gasteiger partial charge < -0.3 is 0 Å². The summed E-state index contributed by atoms with van der Waals surface area (Å²) in [7, 11) is 0. The number of hydrogen-bond acceptors (Lipinski definition) is 0. The molecule has 112 valence electrons. The Labute approximate surface area is 135 Å². The number of rotatable bonds is 3. The molecule has 0 fully saturated rings. The average Bonchev–Trinajstić information content (AvgIpc) is 2.41. The Hall–Kier alpha value is -1.00. The van der Waals surface area contributed by atoms with Crippen molar-refractivity contribution in [2.45, 2.75) is 24.9 Å². The van der Waals surface area contributed by atoms with Crippen LogP contribution in [0.1, 0.15) is 27.6 Å². The number of aryl methyl sites for hydroxylation is 1. The molecule has 0 radical (unpaired) electrons. The predicted octanol–water partition coefficient (Wildman–Crippen LogP) is 6.30. The van der Waals surface area contributed by atoms with Crippen molar-refractivity contribution >= 4 is 27.5 Å². The molecule has 0 heterocycles. The first-order valence-corrected chi connectivity index (χ1v) is 7.57. The summed E-state index contributed by atoms with van der Waals surface area (Å²) in [5.41, 5.74) is 2.15. The van der Waals surface area contributed by atoms with Gasteiger partial charge in [-0.05, 0) is 42.2 Å². The summed E-state index contributed by atoms with van der Waals surface area (Å²) >= 11 is 9.89. The van der Waals surface area contributed by atoms with Crippen molar-refractivity contribution in [3.8, 4) is 0 Å². The third-order valence-corrected chi connectivity index (χ3v) is 4.73. The summed E-state index contributed by atoms with van der Waals surface area (Å²) in [5.74, 6) is 0. The lowest BCUT2D eigenvalue weighted by Gasteiger charge is -2.14. The zero-order valence-corrected chi connectivity index (χ0v) is 13.6. The molecule has 0 saturated carbocycles. The van der Waals surface area contributed by atoms with E-state index in [1.54, 1.807) is 0 Å². The van der Waals surface area contributed by atoms with E-state index in [0.29, 0.717) is 6.42 Å². The topological polar surface area (TPSA) is 0 Å². The second kappa shape index (κ2) is 6.41. The van der Waals surface area contributed by atoms with Gasteiger partial charge in [-0.1, -0.05) is 46.3 Å². The molecular formula is C16H13BrClF3. The molecular weight excluding hydrogens is 365 g/mol. The third-order valence-electron chi connectivity index (χ3n) is 3.26. The summed E-state index contributed by atoms with van der Waals surface area (Å²) in [6, 6.07) is 10.9. The average molecular weight is 378 g/mol. The first-order valence-electron chi connectivity index (χ1n) is 6.34. The Bertz CT molecular complexity index is 620. The quantitative estimate of drug-likeness (QED) is 0.551. The van der Waals surface area contributed by atoms with Crippen molar-refractivity contribution in [3.05, 3.63) is 69.2 Å². The van der Waals surface area contributed by atoms with Gasteiger partial charge >= 0.3 is 6.18 Å². The summed E-state index contributed by atoms with van der Waals surface area (Å²) in [5, 5.41) is -0.295. The molecule has 2 aromatic carbocycles. The standard InChI is InChI=1S/C16H13BrClF3/c1-10-3-2-4-13(15(10)17)14(18)9-11-5-7-12(8-6-11)16(19,20)21/h2-8,14H,9H2,1H3. The van der Waals surface area contributed by atoms with Gasteiger partial charge in [0.25, 0.3) is 0 Å². The van der Waals surface area contributed by atoms with Crippen molar-refractivity contribution in [2.24, 2.45) is 0 Å². The van der Waals surface area contributed by atoms with E-state index in [9.17, 15) is 13.2 Å². The minimum absolute atomic E-state index is 0.295. The lowest BCUT2D eigenvalue weighted by Crippen LogP contribution is -2.05. The van der Waals surface area contributed by atoms with E-state index in [1.807, 2.05) is 25.1 Å². The largest absolute Gasteiger partial charge is 0.416 e. The number of hydrogen-bond donors (Lipinski definition) is 0. The molecule has 2 aromatic rings. The summed E-state index contributed by atoms with van der Waals surface area (Å²) in [4.78, 5) is 0. The van der Waals surface area contributed by atoms with Crippen LogP contribution in [0.5, 0.6) is 0 Å². The lowest BCUT2D eigenvalue weighted by atomic mass is 10.0. The van der Waals surface area contributed by atoms with Crippen LogP contribution in [0.4, 0.5) is 13.2 Å². The van der Waals surface area contributed by atoms with Crippen LogP contribution in [0, 0.1) is 6.92 Å². The minimum Gasteiger partial charge on any atom is -0.166 e. The molecule has 0 amide bonds. The zero-order valence-electron chi connectivity index (χ0n) is 11.2. The van der Waals surface area contributed by atoms with E-state index >= 15 is 0 Å². The molecule has 0 nitrogen and oxygen atoms in total. The monoisotopic (exact) mass is 376 g/mol. The van der Waals surface area contributed by atoms with Crippen LogP contribution in [0.3, 0.4) is 0 Å². The van der Waals surface area contributed by atoms with Gasteiger partial charge in [-0.25, -0.2) is 0 Å². The van der Waals surface area contributed by atoms with Gasteiger partial charge in [0.05, 0.1) is 10.9 Å². The molecule has 0 bridgehead atoms. The molecule has 0 saturated heterocycles. The minimum atomic E-state index is -4.31. The normalized spacial score (nSPS) is 13.2. The molecule has 0 aliphatic rings. The van der Waals surface area contributed by atoms with Gasteiger partial charge in [0, 0.05) is 4.47 Å². The second-order valence-corrected chi connectivity index (χ2v) is 6.16. The van der Waals surface area contributed by atoms with E-state index in [0.717, 1.165) is 33.3 Å². The van der Waals surface area contributed by atoms with Crippen LogP contribution in [0.2, 0.25) is 0 Å². The van der Waals surface area contributed by atoms with Gasteiger partial charge in [-0.2, -0.15) is 13.2 Å². The van der Waals surface area contributed by atoms with Crippen molar-refractivity contribution in [1.82, 2.24) is 0 Å². The van der Waals surface area contributed by atoms with Crippen molar-refractivity contribution in [3.63, 3.8) is 0 Å². The van der Waals surface area contributed by atoms with Gasteiger partial charge in [0.15, 0.2) is 0 Å². The highest BCUT2D eigenvalue weighted by Crippen LogP contribution is 2.34. The Morgan fingerprint density at radius 1 is 1.10 bits per heavy atom. The van der Waals surface area contributed by atoms with Crippen LogP contribution in [-0.2, 0) is 12.6 Å². The first kappa shape index (κ1) is 16.4. The van der Waals surface area contributed by atoms with E-state index < -0.39 is 11.7 Å². The Balaban J connectivity index is 2.16. The summed E-state index contributed by atoms with van der Waals surface area (Å²) < 4.78 is 38.5. The highest BCUT2D eigenvalue weighted by Gasteiger charge is 2.30. The predicted molar refractivity (Wildman–Crippen MR) is 82.6 cm³/mol. The van der Waals surface area contributed by atoms with Crippen LogP contribution >= 0.6 is 27.5 Å². The van der Waals surface area contributed by atoms with Crippen LogP contribution in [0.25, 0.3) is 0 Å². The Morgan fingerprint density at radius 3 is 2.29 bits per heavy atom. The maximum atomic E-state index is 12.5. The van der Waals surface area contributed by atoms with Crippen molar-refractivity contribution in [1.29, 1.82) is 0 Å². The Morgan fingerprint density at radius 2 is 1.71 bits per heavy atom. The summed E-state index contributed by atoms with van der Waals surface area (Å²) in [6.45, 7) is 1.97. The number of benzene rings is 2. The number of halogens is 5. The van der Waals surface area contributed by atoms with Crippen molar-refractivity contribution < 1.29 is 13.2 Å². The van der Waals surface area contributed by atoms with E-state index in [4.69, 9.17) is 11.6 Å². The highest BCUT2D eigenvalue weighted by molar-refractivity contribution is 9.10. The molecule has 0 aliphatic carbocycles. The maximum absolute atomic E-state index is 12.5. The fourth-order valence-corrected chi connectivity index (χ4v) is 3.09. The Kier molecular flexibility index (Phi) is 4.99. The van der Waals surface area contributed by atoms with E-state index in [-0.39, 0.29) is 5.38 Å². The fraction of sp³-hybridized carbons (Fsp3) is 0.250. The smallest absolute Gasteiger partial charge is 0.166 e. The SMILES string of the molecule is Cc1cccc(C(Cl)Cc2ccc(C(F)(F)F)cc2)c1Br. The molecule has 1 unspecified atom stereocenters. The number of alkyl halides is 4. The molecule has 0 spiro atoms. The molecule has 21 heavy (non-hydrogen) atoms. The molecule has 1 atom stereocenters. The molecule has 0 N–H and O–H groups in total. The third kappa shape index (κ3) is 4.01. The highest BCUT2D eigenvalue weighted by atomic mass is 79.9. The maximum Gasteiger partial charge on any atom is 0.416 e. The fourth-order valence-electron chi connectivity index (χ4n) is 2.06. The van der Waals surface area contributed by atoms with Crippen LogP contribution in [0.15, 0.2) is 46.9 Å². The molecule has 0 aromatic heterocycles. The second-order valence-electron chi connectivity index (χ2n) is 4.84. The van der Waals surface area contributed by atoms with Gasteiger partial charge in [-0.3, -0.25) is 0 Å². The molecule has 0 aliphatic heterocycles. The molecule has 5 heteroatoms. The van der Waals surface area contributed by atoms with E-state index in [1.165, 1.54) is 12.1 Å². The van der Waals surface area contributed by atoms with Gasteiger partial charge in [0.1, 0.15) is 0 Å². The zero-order chi connectivity index (χ0) is 15.6. The lowest BCUT2D eigenvalue weighted by molar-refractivity contribution is -0.137. The van der Waals surface area contributed by atoms with Gasteiger partial charge in [-0.15, -0.1) is 11.6 Å². The van der Waals surface area contributed by atoms with Crippen LogP contribution < -0.4 is 0 Å². The van der Waals surface area contributed by atoms with Crippen molar-refractivity contribution in [2.75, 3.05) is 0 Å². The van der Waals surface area contributed by atoms with Crippen LogP contribution in [-0.4, -0.2) is 0 Å².